The van der Waals surface area contributed by atoms with Crippen LogP contribution in [-0.4, -0.2) is 16.5 Å². The topological polar surface area (TPSA) is 63.8 Å². The molecule has 106 valence electrons. The molecule has 1 aliphatic rings. The minimum atomic E-state index is -4.58. The van der Waals surface area contributed by atoms with Crippen molar-refractivity contribution >= 4 is 11.6 Å². The average molecular weight is 274 g/mol. The first-order valence-corrected chi connectivity index (χ1v) is 6.32. The van der Waals surface area contributed by atoms with Gasteiger partial charge in [0.2, 0.25) is 5.82 Å². The van der Waals surface area contributed by atoms with Crippen LogP contribution < -0.4 is 11.1 Å². The van der Waals surface area contributed by atoms with Gasteiger partial charge >= 0.3 is 6.18 Å². The first-order valence-electron chi connectivity index (χ1n) is 6.32. The SMILES string of the molecule is CC1CCCC1CNc1cc(N)nc(C(F)(F)F)n1. The molecule has 0 aliphatic heterocycles. The van der Waals surface area contributed by atoms with Crippen LogP contribution in [0.1, 0.15) is 32.0 Å². The second kappa shape index (κ2) is 5.22. The predicted octanol–water partition coefficient (Wildman–Crippen LogP) is 2.93. The standard InChI is InChI=1S/C12H17F3N4/c1-7-3-2-4-8(7)6-17-10-5-9(16)18-11(19-10)12(13,14)15/h5,7-8H,2-4,6H2,1H3,(H3,16,17,18,19). The molecule has 0 saturated heterocycles. The molecule has 0 aromatic carbocycles. The van der Waals surface area contributed by atoms with Crippen molar-refractivity contribution in [1.29, 1.82) is 0 Å². The number of hydrogen-bond donors (Lipinski definition) is 2. The maximum Gasteiger partial charge on any atom is 0.451 e. The average Bonchev–Trinajstić information content (AvgIpc) is 2.70. The monoisotopic (exact) mass is 274 g/mol. The van der Waals surface area contributed by atoms with Crippen molar-refractivity contribution in [2.24, 2.45) is 11.8 Å². The van der Waals surface area contributed by atoms with Crippen molar-refractivity contribution in [3.05, 3.63) is 11.9 Å². The molecular weight excluding hydrogens is 257 g/mol. The fraction of sp³-hybridized carbons (Fsp3) is 0.667. The van der Waals surface area contributed by atoms with Gasteiger partial charge in [0, 0.05) is 12.6 Å². The molecule has 2 rings (SSSR count). The van der Waals surface area contributed by atoms with Crippen molar-refractivity contribution in [1.82, 2.24) is 9.97 Å². The van der Waals surface area contributed by atoms with Gasteiger partial charge in [-0.25, -0.2) is 9.97 Å². The summed E-state index contributed by atoms with van der Waals surface area (Å²) in [6.07, 6.45) is -1.13. The molecule has 19 heavy (non-hydrogen) atoms. The molecule has 1 fully saturated rings. The number of rotatable bonds is 3. The summed E-state index contributed by atoms with van der Waals surface area (Å²) in [5.74, 6) is -0.169. The van der Waals surface area contributed by atoms with Crippen LogP contribution in [0.15, 0.2) is 6.07 Å². The number of nitrogens with two attached hydrogens (primary N) is 1. The molecule has 0 spiro atoms. The Labute approximate surface area is 109 Å². The fourth-order valence-electron chi connectivity index (χ4n) is 2.44. The molecule has 2 unspecified atom stereocenters. The Morgan fingerprint density at radius 1 is 1.37 bits per heavy atom. The molecule has 2 atom stereocenters. The smallest absolute Gasteiger partial charge is 0.384 e. The number of aromatic nitrogens is 2. The van der Waals surface area contributed by atoms with Crippen molar-refractivity contribution < 1.29 is 13.2 Å². The maximum absolute atomic E-state index is 12.5. The molecule has 4 nitrogen and oxygen atoms in total. The third-order valence-electron chi connectivity index (χ3n) is 3.58. The molecule has 1 aliphatic carbocycles. The lowest BCUT2D eigenvalue weighted by Gasteiger charge is -2.17. The van der Waals surface area contributed by atoms with Crippen molar-refractivity contribution in [2.75, 3.05) is 17.6 Å². The van der Waals surface area contributed by atoms with E-state index in [1.54, 1.807) is 0 Å². The first-order chi connectivity index (χ1) is 8.86. The summed E-state index contributed by atoms with van der Waals surface area (Å²) in [4.78, 5) is 6.67. The minimum absolute atomic E-state index is 0.138. The van der Waals surface area contributed by atoms with Crippen LogP contribution in [0.4, 0.5) is 24.8 Å². The van der Waals surface area contributed by atoms with Gasteiger partial charge in [0.15, 0.2) is 0 Å². The normalized spacial score (nSPS) is 23.6. The van der Waals surface area contributed by atoms with Gasteiger partial charge in [-0.05, 0) is 18.3 Å². The van der Waals surface area contributed by atoms with E-state index in [9.17, 15) is 13.2 Å². The highest BCUT2D eigenvalue weighted by molar-refractivity contribution is 5.45. The van der Waals surface area contributed by atoms with E-state index in [1.165, 1.54) is 18.9 Å². The summed E-state index contributed by atoms with van der Waals surface area (Å²) < 4.78 is 37.6. The Kier molecular flexibility index (Phi) is 3.82. The summed E-state index contributed by atoms with van der Waals surface area (Å²) in [5, 5.41) is 2.94. The number of nitrogen functional groups attached to an aromatic ring is 1. The number of alkyl halides is 3. The van der Waals surface area contributed by atoms with Gasteiger partial charge in [-0.1, -0.05) is 19.8 Å². The van der Waals surface area contributed by atoms with E-state index in [2.05, 4.69) is 22.2 Å². The van der Waals surface area contributed by atoms with Crippen molar-refractivity contribution in [3.63, 3.8) is 0 Å². The number of hydrogen-bond acceptors (Lipinski definition) is 4. The zero-order chi connectivity index (χ0) is 14.0. The highest BCUT2D eigenvalue weighted by Gasteiger charge is 2.35. The number of nitrogens with one attached hydrogen (secondary N) is 1. The van der Waals surface area contributed by atoms with Crippen LogP contribution in [0, 0.1) is 11.8 Å². The van der Waals surface area contributed by atoms with Gasteiger partial charge < -0.3 is 11.1 Å². The predicted molar refractivity (Wildman–Crippen MR) is 66.4 cm³/mol. The van der Waals surface area contributed by atoms with E-state index >= 15 is 0 Å². The maximum atomic E-state index is 12.5. The summed E-state index contributed by atoms with van der Waals surface area (Å²) >= 11 is 0. The van der Waals surface area contributed by atoms with Crippen LogP contribution in [0.25, 0.3) is 0 Å². The molecule has 0 radical (unpaired) electrons. The van der Waals surface area contributed by atoms with Crippen LogP contribution in [0.5, 0.6) is 0 Å². The summed E-state index contributed by atoms with van der Waals surface area (Å²) in [7, 11) is 0. The molecule has 1 aromatic heterocycles. The van der Waals surface area contributed by atoms with Crippen molar-refractivity contribution in [3.8, 4) is 0 Å². The summed E-state index contributed by atoms with van der Waals surface area (Å²) in [5.41, 5.74) is 5.38. The molecule has 3 N–H and O–H groups in total. The quantitative estimate of drug-likeness (QED) is 0.889. The van der Waals surface area contributed by atoms with Crippen LogP contribution in [0.2, 0.25) is 0 Å². The molecule has 1 saturated carbocycles. The zero-order valence-corrected chi connectivity index (χ0v) is 10.7. The Hall–Kier alpha value is -1.53. The number of anilines is 2. The van der Waals surface area contributed by atoms with E-state index in [4.69, 9.17) is 5.73 Å². The summed E-state index contributed by atoms with van der Waals surface area (Å²) in [6, 6.07) is 1.33. The number of nitrogens with zero attached hydrogens (tertiary/aromatic N) is 2. The van der Waals surface area contributed by atoms with Gasteiger partial charge in [0.1, 0.15) is 11.6 Å². The second-order valence-corrected chi connectivity index (χ2v) is 5.05. The van der Waals surface area contributed by atoms with Crippen molar-refractivity contribution in [2.45, 2.75) is 32.4 Å². The lowest BCUT2D eigenvalue weighted by Crippen LogP contribution is -2.19. The molecule has 0 bridgehead atoms. The fourth-order valence-corrected chi connectivity index (χ4v) is 2.44. The Bertz CT molecular complexity index is 447. The third-order valence-corrected chi connectivity index (χ3v) is 3.58. The molecule has 0 amide bonds. The van der Waals surface area contributed by atoms with E-state index in [1.807, 2.05) is 0 Å². The van der Waals surface area contributed by atoms with Gasteiger partial charge in [0.25, 0.3) is 0 Å². The van der Waals surface area contributed by atoms with Crippen LogP contribution in [-0.2, 0) is 6.18 Å². The van der Waals surface area contributed by atoms with Crippen LogP contribution in [0.3, 0.4) is 0 Å². The van der Waals surface area contributed by atoms with E-state index < -0.39 is 12.0 Å². The Morgan fingerprint density at radius 3 is 2.68 bits per heavy atom. The van der Waals surface area contributed by atoms with Crippen LogP contribution >= 0.6 is 0 Å². The van der Waals surface area contributed by atoms with Gasteiger partial charge in [0.05, 0.1) is 0 Å². The van der Waals surface area contributed by atoms with E-state index in [0.29, 0.717) is 18.4 Å². The molecule has 1 heterocycles. The zero-order valence-electron chi connectivity index (χ0n) is 10.7. The first kappa shape index (κ1) is 13.9. The molecule has 7 heteroatoms. The Morgan fingerprint density at radius 2 is 2.11 bits per heavy atom. The highest BCUT2D eigenvalue weighted by Crippen LogP contribution is 2.32. The van der Waals surface area contributed by atoms with Gasteiger partial charge in [-0.15, -0.1) is 0 Å². The summed E-state index contributed by atoms with van der Waals surface area (Å²) in [6.45, 7) is 2.78. The molecular formula is C12H17F3N4. The van der Waals surface area contributed by atoms with E-state index in [0.717, 1.165) is 6.42 Å². The lowest BCUT2D eigenvalue weighted by molar-refractivity contribution is -0.144. The molecule has 1 aromatic rings. The van der Waals surface area contributed by atoms with E-state index in [-0.39, 0.29) is 11.6 Å². The lowest BCUT2D eigenvalue weighted by atomic mass is 9.98. The minimum Gasteiger partial charge on any atom is -0.384 e. The largest absolute Gasteiger partial charge is 0.451 e. The Balaban J connectivity index is 2.06. The number of halogens is 3. The van der Waals surface area contributed by atoms with Gasteiger partial charge in [-0.2, -0.15) is 13.2 Å². The van der Waals surface area contributed by atoms with Gasteiger partial charge in [-0.3, -0.25) is 0 Å². The third kappa shape index (κ3) is 3.48. The second-order valence-electron chi connectivity index (χ2n) is 5.05. The highest BCUT2D eigenvalue weighted by atomic mass is 19.4.